The molecule has 0 aromatic heterocycles. The van der Waals surface area contributed by atoms with Gasteiger partial charge in [-0.3, -0.25) is 0 Å². The Balaban J connectivity index is 1.86. The number of nitrogens with zero attached hydrogens (tertiary/aromatic N) is 1. The fraction of sp³-hybridized carbons (Fsp3) is 0.538. The first-order chi connectivity index (χ1) is 8.55. The third-order valence-corrected chi connectivity index (χ3v) is 5.97. The molecule has 4 nitrogen and oxygen atoms in total. The molecule has 2 aliphatic rings. The number of benzene rings is 1. The van der Waals surface area contributed by atoms with E-state index < -0.39 is 10.0 Å². The third-order valence-electron chi connectivity index (χ3n) is 4.01. The average Bonchev–Trinajstić information content (AvgIpc) is 3.05. The highest BCUT2D eigenvalue weighted by atomic mass is 32.2. The molecule has 0 aliphatic carbocycles. The number of rotatable bonds is 2. The maximum atomic E-state index is 12.5. The van der Waals surface area contributed by atoms with Gasteiger partial charge in [-0.15, -0.1) is 0 Å². The van der Waals surface area contributed by atoms with Gasteiger partial charge in [0.15, 0.2) is 0 Å². The molecule has 2 heterocycles. The first-order valence-corrected chi connectivity index (χ1v) is 7.79. The fourth-order valence-electron chi connectivity index (χ4n) is 2.71. The van der Waals surface area contributed by atoms with Gasteiger partial charge in [-0.05, 0) is 45.0 Å². The molecule has 1 aromatic rings. The van der Waals surface area contributed by atoms with Gasteiger partial charge in [0, 0.05) is 6.54 Å². The molecule has 0 bridgehead atoms. The smallest absolute Gasteiger partial charge is 0.243 e. The van der Waals surface area contributed by atoms with Crippen LogP contribution in [0.25, 0.3) is 0 Å². The van der Waals surface area contributed by atoms with Crippen LogP contribution in [-0.2, 0) is 10.0 Å². The van der Waals surface area contributed by atoms with Crippen molar-refractivity contribution in [3.8, 4) is 0 Å². The summed E-state index contributed by atoms with van der Waals surface area (Å²) in [5, 5.41) is 3.28. The van der Waals surface area contributed by atoms with E-state index in [-0.39, 0.29) is 5.54 Å². The maximum absolute atomic E-state index is 12.5. The quantitative estimate of drug-likeness (QED) is 0.816. The summed E-state index contributed by atoms with van der Waals surface area (Å²) in [6.07, 6.45) is 1.86. The molecule has 1 spiro atoms. The molecule has 5 heteroatoms. The standard InChI is InChI=1S/C13H18N2O2S/c1-11-2-4-12(5-3-11)18(16,17)15-10-13(15)6-8-14-9-7-13/h2-5,14H,6-10H2,1H3. The summed E-state index contributed by atoms with van der Waals surface area (Å²) in [7, 11) is -3.29. The SMILES string of the molecule is Cc1ccc(S(=O)(=O)N2CC23CCNCC3)cc1. The van der Waals surface area contributed by atoms with Crippen LogP contribution in [0.5, 0.6) is 0 Å². The van der Waals surface area contributed by atoms with Gasteiger partial charge in [0.2, 0.25) is 10.0 Å². The highest BCUT2D eigenvalue weighted by Gasteiger charge is 2.58. The minimum Gasteiger partial charge on any atom is -0.317 e. The van der Waals surface area contributed by atoms with E-state index in [1.165, 1.54) is 0 Å². The summed E-state index contributed by atoms with van der Waals surface area (Å²) >= 11 is 0. The van der Waals surface area contributed by atoms with Gasteiger partial charge in [0.25, 0.3) is 0 Å². The molecule has 1 N–H and O–H groups in total. The van der Waals surface area contributed by atoms with E-state index in [2.05, 4.69) is 5.32 Å². The Kier molecular flexibility index (Phi) is 2.73. The first kappa shape index (κ1) is 12.1. The molecule has 2 fully saturated rings. The zero-order chi connectivity index (χ0) is 12.8. The molecule has 18 heavy (non-hydrogen) atoms. The van der Waals surface area contributed by atoms with Crippen molar-refractivity contribution < 1.29 is 8.42 Å². The lowest BCUT2D eigenvalue weighted by Crippen LogP contribution is -2.37. The number of hydrogen-bond donors (Lipinski definition) is 1. The van der Waals surface area contributed by atoms with Crippen molar-refractivity contribution in [1.82, 2.24) is 9.62 Å². The largest absolute Gasteiger partial charge is 0.317 e. The van der Waals surface area contributed by atoms with E-state index in [9.17, 15) is 8.42 Å². The van der Waals surface area contributed by atoms with Gasteiger partial charge in [-0.1, -0.05) is 17.7 Å². The van der Waals surface area contributed by atoms with Crippen LogP contribution in [0.1, 0.15) is 18.4 Å². The van der Waals surface area contributed by atoms with Gasteiger partial charge < -0.3 is 5.32 Å². The second-order valence-electron chi connectivity index (χ2n) is 5.30. The van der Waals surface area contributed by atoms with Crippen LogP contribution >= 0.6 is 0 Å². The van der Waals surface area contributed by atoms with E-state index in [1.807, 2.05) is 19.1 Å². The molecule has 1 atom stereocenters. The molecule has 3 rings (SSSR count). The van der Waals surface area contributed by atoms with Crippen molar-refractivity contribution in [2.45, 2.75) is 30.2 Å². The Labute approximate surface area is 108 Å². The zero-order valence-corrected chi connectivity index (χ0v) is 11.3. The van der Waals surface area contributed by atoms with Gasteiger partial charge in [-0.2, -0.15) is 4.31 Å². The number of aryl methyl sites for hydroxylation is 1. The molecular weight excluding hydrogens is 248 g/mol. The van der Waals surface area contributed by atoms with E-state index in [0.29, 0.717) is 11.4 Å². The normalized spacial score (nSPS) is 26.2. The average molecular weight is 266 g/mol. The summed E-state index contributed by atoms with van der Waals surface area (Å²) in [6, 6.07) is 7.12. The lowest BCUT2D eigenvalue weighted by molar-refractivity contribution is 0.380. The third kappa shape index (κ3) is 1.86. The predicted octanol–water partition coefficient (Wildman–Crippen LogP) is 1.12. The van der Waals surface area contributed by atoms with Crippen LogP contribution in [0.4, 0.5) is 0 Å². The van der Waals surface area contributed by atoms with Crippen LogP contribution in [0.15, 0.2) is 29.2 Å². The Bertz CT molecular complexity index is 545. The predicted molar refractivity (Wildman–Crippen MR) is 69.9 cm³/mol. The Morgan fingerprint density at radius 3 is 2.39 bits per heavy atom. The molecule has 0 saturated carbocycles. The topological polar surface area (TPSA) is 49.2 Å². The van der Waals surface area contributed by atoms with Crippen molar-refractivity contribution in [1.29, 1.82) is 0 Å². The van der Waals surface area contributed by atoms with Crippen molar-refractivity contribution in [2.75, 3.05) is 19.6 Å². The van der Waals surface area contributed by atoms with Crippen LogP contribution in [0, 0.1) is 6.92 Å². The minimum absolute atomic E-state index is 0.0883. The Morgan fingerprint density at radius 1 is 1.17 bits per heavy atom. The highest BCUT2D eigenvalue weighted by molar-refractivity contribution is 7.89. The summed E-state index contributed by atoms with van der Waals surface area (Å²) in [6.45, 7) is 4.48. The van der Waals surface area contributed by atoms with E-state index in [0.717, 1.165) is 31.5 Å². The molecule has 2 aliphatic heterocycles. The summed E-state index contributed by atoms with van der Waals surface area (Å²) in [5.41, 5.74) is 0.992. The van der Waals surface area contributed by atoms with E-state index in [4.69, 9.17) is 0 Å². The second-order valence-corrected chi connectivity index (χ2v) is 7.16. The molecule has 0 amide bonds. The van der Waals surface area contributed by atoms with Crippen molar-refractivity contribution in [3.63, 3.8) is 0 Å². The maximum Gasteiger partial charge on any atom is 0.243 e. The van der Waals surface area contributed by atoms with E-state index in [1.54, 1.807) is 16.4 Å². The van der Waals surface area contributed by atoms with Crippen molar-refractivity contribution in [3.05, 3.63) is 29.8 Å². The van der Waals surface area contributed by atoms with Crippen molar-refractivity contribution in [2.24, 2.45) is 0 Å². The Hall–Kier alpha value is -0.910. The fourth-order valence-corrected chi connectivity index (χ4v) is 4.55. The summed E-state index contributed by atoms with van der Waals surface area (Å²) in [5.74, 6) is 0. The Morgan fingerprint density at radius 2 is 1.78 bits per heavy atom. The number of nitrogens with one attached hydrogen (secondary N) is 1. The van der Waals surface area contributed by atoms with Crippen LogP contribution in [0.2, 0.25) is 0 Å². The minimum atomic E-state index is -3.29. The van der Waals surface area contributed by atoms with Gasteiger partial charge in [0.05, 0.1) is 10.4 Å². The number of piperidine rings is 1. The summed E-state index contributed by atoms with van der Waals surface area (Å²) < 4.78 is 26.6. The zero-order valence-electron chi connectivity index (χ0n) is 10.5. The van der Waals surface area contributed by atoms with Gasteiger partial charge in [0.1, 0.15) is 0 Å². The second kappa shape index (κ2) is 4.05. The lowest BCUT2D eigenvalue weighted by atomic mass is 9.99. The van der Waals surface area contributed by atoms with Gasteiger partial charge in [-0.25, -0.2) is 8.42 Å². The molecule has 1 unspecified atom stereocenters. The van der Waals surface area contributed by atoms with Gasteiger partial charge >= 0.3 is 0 Å². The van der Waals surface area contributed by atoms with Crippen LogP contribution in [-0.4, -0.2) is 37.9 Å². The monoisotopic (exact) mass is 266 g/mol. The lowest BCUT2D eigenvalue weighted by Gasteiger charge is -2.23. The van der Waals surface area contributed by atoms with Crippen LogP contribution in [0.3, 0.4) is 0 Å². The van der Waals surface area contributed by atoms with Crippen LogP contribution < -0.4 is 5.32 Å². The first-order valence-electron chi connectivity index (χ1n) is 6.35. The molecular formula is C13H18N2O2S. The molecule has 0 radical (unpaired) electrons. The molecule has 98 valence electrons. The number of hydrogen-bond acceptors (Lipinski definition) is 3. The summed E-state index contributed by atoms with van der Waals surface area (Å²) in [4.78, 5) is 0.420. The number of sulfonamides is 1. The van der Waals surface area contributed by atoms with E-state index >= 15 is 0 Å². The molecule has 2 saturated heterocycles. The highest BCUT2D eigenvalue weighted by Crippen LogP contribution is 2.44. The van der Waals surface area contributed by atoms with Crippen molar-refractivity contribution >= 4 is 10.0 Å². The molecule has 1 aromatic carbocycles.